The van der Waals surface area contributed by atoms with E-state index in [1.54, 1.807) is 5.38 Å². The molecule has 0 saturated heterocycles. The summed E-state index contributed by atoms with van der Waals surface area (Å²) in [6.45, 7) is 4.72. The number of carboxylic acids is 1. The number of carboxylic acid groups (broad SMARTS) is 1. The lowest BCUT2D eigenvalue weighted by molar-refractivity contribution is -0.138. The van der Waals surface area contributed by atoms with Gasteiger partial charge in [0, 0.05) is 24.9 Å². The standard InChI is InChI=1S/C13H21N3O3S/c1-8(2)3-9(4-12(17)18)6-15-13(19)10-7-20-11(5-14)16-10/h7-9H,3-6,14H2,1-2H3,(H,15,19)(H,17,18)/t9-/m0/s1. The molecule has 7 heteroatoms. The third kappa shape index (κ3) is 5.66. The Hall–Kier alpha value is -1.47. The lowest BCUT2D eigenvalue weighted by Gasteiger charge is -2.17. The summed E-state index contributed by atoms with van der Waals surface area (Å²) in [4.78, 5) is 26.8. The Balaban J connectivity index is 2.52. The van der Waals surface area contributed by atoms with Crippen LogP contribution in [0.15, 0.2) is 5.38 Å². The molecule has 0 aliphatic carbocycles. The molecule has 0 spiro atoms. The first-order valence-electron chi connectivity index (χ1n) is 6.56. The molecule has 0 aliphatic heterocycles. The number of hydrogen-bond donors (Lipinski definition) is 3. The van der Waals surface area contributed by atoms with Crippen LogP contribution in [0.25, 0.3) is 0 Å². The topological polar surface area (TPSA) is 105 Å². The molecule has 0 saturated carbocycles. The zero-order chi connectivity index (χ0) is 15.1. The molecule has 1 aromatic heterocycles. The van der Waals surface area contributed by atoms with Gasteiger partial charge in [-0.2, -0.15) is 0 Å². The van der Waals surface area contributed by atoms with Crippen molar-refractivity contribution in [2.24, 2.45) is 17.6 Å². The molecule has 1 aromatic rings. The normalized spacial score (nSPS) is 12.4. The van der Waals surface area contributed by atoms with Crippen LogP contribution < -0.4 is 11.1 Å². The van der Waals surface area contributed by atoms with Crippen molar-refractivity contribution in [3.05, 3.63) is 16.1 Å². The average Bonchev–Trinajstić information content (AvgIpc) is 2.83. The van der Waals surface area contributed by atoms with Gasteiger partial charge in [0.15, 0.2) is 0 Å². The maximum absolute atomic E-state index is 11.9. The first-order chi connectivity index (χ1) is 9.42. The van der Waals surface area contributed by atoms with E-state index in [4.69, 9.17) is 10.8 Å². The molecule has 6 nitrogen and oxygen atoms in total. The van der Waals surface area contributed by atoms with Crippen molar-refractivity contribution < 1.29 is 14.7 Å². The molecule has 0 aromatic carbocycles. The fourth-order valence-corrected chi connectivity index (χ4v) is 2.64. The van der Waals surface area contributed by atoms with Crippen molar-refractivity contribution in [3.8, 4) is 0 Å². The van der Waals surface area contributed by atoms with E-state index in [1.807, 2.05) is 13.8 Å². The van der Waals surface area contributed by atoms with Crippen LogP contribution in [-0.2, 0) is 11.3 Å². The summed E-state index contributed by atoms with van der Waals surface area (Å²) in [5.74, 6) is -0.799. The van der Waals surface area contributed by atoms with Crippen LogP contribution in [0.3, 0.4) is 0 Å². The zero-order valence-electron chi connectivity index (χ0n) is 11.8. The predicted octanol–water partition coefficient (Wildman–Crippen LogP) is 1.47. The van der Waals surface area contributed by atoms with E-state index in [2.05, 4.69) is 10.3 Å². The highest BCUT2D eigenvalue weighted by Crippen LogP contribution is 2.15. The minimum atomic E-state index is -0.844. The molecular weight excluding hydrogens is 278 g/mol. The Labute approximate surface area is 122 Å². The summed E-state index contributed by atoms with van der Waals surface area (Å²) in [6, 6.07) is 0. The van der Waals surface area contributed by atoms with Gasteiger partial charge in [0.05, 0.1) is 0 Å². The summed E-state index contributed by atoms with van der Waals surface area (Å²) in [5.41, 5.74) is 5.79. The van der Waals surface area contributed by atoms with Crippen molar-refractivity contribution in [1.29, 1.82) is 0 Å². The Morgan fingerprint density at radius 3 is 2.70 bits per heavy atom. The number of aromatic nitrogens is 1. The number of amides is 1. The quantitative estimate of drug-likeness (QED) is 0.674. The van der Waals surface area contributed by atoms with E-state index < -0.39 is 5.97 Å². The third-order valence-electron chi connectivity index (χ3n) is 2.78. The average molecular weight is 299 g/mol. The Kier molecular flexibility index (Phi) is 6.60. The molecule has 0 unspecified atom stereocenters. The minimum Gasteiger partial charge on any atom is -0.481 e. The predicted molar refractivity (Wildman–Crippen MR) is 77.5 cm³/mol. The molecule has 1 heterocycles. The summed E-state index contributed by atoms with van der Waals surface area (Å²) in [7, 11) is 0. The number of rotatable bonds is 8. The largest absolute Gasteiger partial charge is 0.481 e. The second-order valence-corrected chi connectivity index (χ2v) is 6.08. The minimum absolute atomic E-state index is 0.0591. The summed E-state index contributed by atoms with van der Waals surface area (Å²) >= 11 is 1.34. The Morgan fingerprint density at radius 1 is 1.50 bits per heavy atom. The lowest BCUT2D eigenvalue weighted by Crippen LogP contribution is -2.31. The maximum Gasteiger partial charge on any atom is 0.303 e. The molecule has 0 fully saturated rings. The third-order valence-corrected chi connectivity index (χ3v) is 3.65. The Morgan fingerprint density at radius 2 is 2.20 bits per heavy atom. The van der Waals surface area contributed by atoms with Gasteiger partial charge in [-0.3, -0.25) is 9.59 Å². The van der Waals surface area contributed by atoms with Gasteiger partial charge in [-0.1, -0.05) is 13.8 Å². The summed E-state index contributed by atoms with van der Waals surface area (Å²) in [5, 5.41) is 14.0. The van der Waals surface area contributed by atoms with Crippen LogP contribution in [-0.4, -0.2) is 28.5 Å². The SMILES string of the molecule is CC(C)C[C@H](CNC(=O)c1csc(CN)n1)CC(=O)O. The fourth-order valence-electron chi connectivity index (χ4n) is 1.99. The van der Waals surface area contributed by atoms with Crippen molar-refractivity contribution in [3.63, 3.8) is 0 Å². The molecule has 4 N–H and O–H groups in total. The number of aliphatic carboxylic acids is 1. The summed E-state index contributed by atoms with van der Waals surface area (Å²) < 4.78 is 0. The Bertz CT molecular complexity index is 459. The van der Waals surface area contributed by atoms with Crippen LogP contribution in [0.5, 0.6) is 0 Å². The lowest BCUT2D eigenvalue weighted by atomic mass is 9.94. The van der Waals surface area contributed by atoms with Gasteiger partial charge in [0.1, 0.15) is 10.7 Å². The molecular formula is C13H21N3O3S. The second kappa shape index (κ2) is 7.96. The number of hydrogen-bond acceptors (Lipinski definition) is 5. The molecule has 1 atom stereocenters. The number of carbonyl (C=O) groups excluding carboxylic acids is 1. The van der Waals surface area contributed by atoms with Crippen molar-refractivity contribution in [1.82, 2.24) is 10.3 Å². The van der Waals surface area contributed by atoms with E-state index in [1.165, 1.54) is 11.3 Å². The van der Waals surface area contributed by atoms with Gasteiger partial charge in [0.25, 0.3) is 5.91 Å². The van der Waals surface area contributed by atoms with Gasteiger partial charge in [-0.25, -0.2) is 4.98 Å². The molecule has 0 bridgehead atoms. The monoisotopic (exact) mass is 299 g/mol. The van der Waals surface area contributed by atoms with Crippen molar-refractivity contribution >= 4 is 23.2 Å². The van der Waals surface area contributed by atoms with Gasteiger partial charge >= 0.3 is 5.97 Å². The number of nitrogens with two attached hydrogens (primary N) is 1. The number of nitrogens with one attached hydrogen (secondary N) is 1. The second-order valence-electron chi connectivity index (χ2n) is 5.13. The molecule has 1 rings (SSSR count). The van der Waals surface area contributed by atoms with Gasteiger partial charge in [-0.15, -0.1) is 11.3 Å². The van der Waals surface area contributed by atoms with Crippen LogP contribution in [0.1, 0.15) is 42.2 Å². The van der Waals surface area contributed by atoms with E-state index in [9.17, 15) is 9.59 Å². The first-order valence-corrected chi connectivity index (χ1v) is 7.44. The van der Waals surface area contributed by atoms with Crippen LogP contribution in [0, 0.1) is 11.8 Å². The van der Waals surface area contributed by atoms with E-state index in [-0.39, 0.29) is 18.2 Å². The smallest absolute Gasteiger partial charge is 0.303 e. The number of carbonyl (C=O) groups is 2. The van der Waals surface area contributed by atoms with E-state index >= 15 is 0 Å². The maximum atomic E-state index is 11.9. The van der Waals surface area contributed by atoms with Crippen LogP contribution in [0.4, 0.5) is 0 Å². The molecule has 0 aliphatic rings. The molecule has 1 amide bonds. The zero-order valence-corrected chi connectivity index (χ0v) is 12.6. The highest BCUT2D eigenvalue weighted by molar-refractivity contribution is 7.09. The highest BCUT2D eigenvalue weighted by Gasteiger charge is 2.17. The number of nitrogens with zero attached hydrogens (tertiary/aromatic N) is 1. The van der Waals surface area contributed by atoms with Gasteiger partial charge in [-0.05, 0) is 18.3 Å². The van der Waals surface area contributed by atoms with E-state index in [0.717, 1.165) is 6.42 Å². The summed E-state index contributed by atoms with van der Waals surface area (Å²) in [6.07, 6.45) is 0.821. The molecule has 0 radical (unpaired) electrons. The van der Waals surface area contributed by atoms with Gasteiger partial charge < -0.3 is 16.2 Å². The molecule has 112 valence electrons. The highest BCUT2D eigenvalue weighted by atomic mass is 32.1. The first kappa shape index (κ1) is 16.6. The van der Waals surface area contributed by atoms with Crippen LogP contribution in [0.2, 0.25) is 0 Å². The van der Waals surface area contributed by atoms with Gasteiger partial charge in [0.2, 0.25) is 0 Å². The van der Waals surface area contributed by atoms with E-state index in [0.29, 0.717) is 29.7 Å². The fraction of sp³-hybridized carbons (Fsp3) is 0.615. The molecule has 20 heavy (non-hydrogen) atoms. The van der Waals surface area contributed by atoms with Crippen molar-refractivity contribution in [2.75, 3.05) is 6.54 Å². The van der Waals surface area contributed by atoms with Crippen LogP contribution >= 0.6 is 11.3 Å². The number of thiazole rings is 1. The van der Waals surface area contributed by atoms with Crippen molar-refractivity contribution in [2.45, 2.75) is 33.2 Å².